The van der Waals surface area contributed by atoms with Crippen molar-refractivity contribution in [1.82, 2.24) is 14.8 Å². The van der Waals surface area contributed by atoms with E-state index in [2.05, 4.69) is 48.1 Å². The number of halogens is 1. The number of fused-ring (bicyclic) bond motifs is 1. The Hall–Kier alpha value is -2.82. The van der Waals surface area contributed by atoms with E-state index in [0.717, 1.165) is 71.6 Å². The first-order chi connectivity index (χ1) is 16.0. The van der Waals surface area contributed by atoms with E-state index < -0.39 is 0 Å². The lowest BCUT2D eigenvalue weighted by molar-refractivity contribution is 0.209. The Balaban J connectivity index is 1.54. The number of benzene rings is 2. The molecule has 1 fully saturated rings. The van der Waals surface area contributed by atoms with Crippen LogP contribution in [0, 0.1) is 0 Å². The lowest BCUT2D eigenvalue weighted by atomic mass is 10.0. The number of hydrogen-bond donors (Lipinski definition) is 1. The van der Waals surface area contributed by atoms with Gasteiger partial charge in [0.25, 0.3) is 0 Å². The first-order valence-corrected chi connectivity index (χ1v) is 12.1. The molecule has 0 radical (unpaired) electrons. The first-order valence-electron chi connectivity index (χ1n) is 11.8. The van der Waals surface area contributed by atoms with Gasteiger partial charge in [-0.15, -0.1) is 0 Å². The van der Waals surface area contributed by atoms with Gasteiger partial charge < -0.3 is 15.5 Å². The molecule has 1 aromatic heterocycles. The van der Waals surface area contributed by atoms with E-state index in [1.165, 1.54) is 18.5 Å². The van der Waals surface area contributed by atoms with Crippen LogP contribution in [0.1, 0.15) is 37.3 Å². The average Bonchev–Trinajstić information content (AvgIpc) is 2.86. The molecule has 0 amide bonds. The summed E-state index contributed by atoms with van der Waals surface area (Å²) >= 11 is 6.64. The summed E-state index contributed by atoms with van der Waals surface area (Å²) in [6, 6.07) is 16.3. The Kier molecular flexibility index (Phi) is 7.36. The van der Waals surface area contributed by atoms with Crippen LogP contribution in [0.2, 0.25) is 5.02 Å². The fourth-order valence-electron chi connectivity index (χ4n) is 4.39. The molecule has 0 saturated carbocycles. The van der Waals surface area contributed by atoms with E-state index in [1.54, 1.807) is 0 Å². The second-order valence-corrected chi connectivity index (χ2v) is 9.12. The minimum absolute atomic E-state index is 0.498. The molecule has 33 heavy (non-hydrogen) atoms. The van der Waals surface area contributed by atoms with Gasteiger partial charge in [0.15, 0.2) is 0 Å². The summed E-state index contributed by atoms with van der Waals surface area (Å²) in [6.45, 7) is 15.3. The molecule has 4 rings (SSSR count). The summed E-state index contributed by atoms with van der Waals surface area (Å²) < 4.78 is 0. The summed E-state index contributed by atoms with van der Waals surface area (Å²) in [6.07, 6.45) is 3.50. The van der Waals surface area contributed by atoms with Crippen molar-refractivity contribution in [1.29, 1.82) is 0 Å². The van der Waals surface area contributed by atoms with E-state index in [1.807, 2.05) is 30.3 Å². The fraction of sp³-hybridized carbons (Fsp3) is 0.321. The largest absolute Gasteiger partial charge is 0.372 e. The molecule has 0 bridgehead atoms. The van der Waals surface area contributed by atoms with Crippen LogP contribution in [0.3, 0.4) is 0 Å². The maximum Gasteiger partial charge on any atom is 0.0731 e. The number of nitrogens with zero attached hydrogens (tertiary/aromatic N) is 3. The van der Waals surface area contributed by atoms with E-state index in [4.69, 9.17) is 22.3 Å². The highest BCUT2D eigenvalue weighted by molar-refractivity contribution is 6.35. The lowest BCUT2D eigenvalue weighted by Crippen LogP contribution is -2.44. The Morgan fingerprint density at radius 3 is 2.52 bits per heavy atom. The van der Waals surface area contributed by atoms with Crippen LogP contribution in [0.15, 0.2) is 67.4 Å². The molecule has 0 atom stereocenters. The zero-order chi connectivity index (χ0) is 23.4. The third-order valence-electron chi connectivity index (χ3n) is 6.48. The Labute approximate surface area is 202 Å². The standard InChI is InChI=1S/C28H33ClN4/c1-4-5-7-20(2)32-12-14-33(15-13-32)21(3)23-10-11-25-26(29)18-27(31-28(25)17-23)24-9-6-8-22(16-24)19-30/h6,8-11,16-18H,2-5,7,12-15,19,30H2,1H3. The Bertz CT molecular complexity index is 1160. The van der Waals surface area contributed by atoms with Crippen LogP contribution < -0.4 is 5.73 Å². The average molecular weight is 461 g/mol. The second kappa shape index (κ2) is 10.4. The smallest absolute Gasteiger partial charge is 0.0731 e. The zero-order valence-corrected chi connectivity index (χ0v) is 20.2. The van der Waals surface area contributed by atoms with Crippen molar-refractivity contribution in [2.45, 2.75) is 32.7 Å². The maximum absolute atomic E-state index is 6.64. The summed E-state index contributed by atoms with van der Waals surface area (Å²) in [5.74, 6) is 0. The molecular weight excluding hydrogens is 428 g/mol. The van der Waals surface area contributed by atoms with Crippen LogP contribution in [0.5, 0.6) is 0 Å². The van der Waals surface area contributed by atoms with E-state index in [-0.39, 0.29) is 0 Å². The van der Waals surface area contributed by atoms with E-state index >= 15 is 0 Å². The minimum Gasteiger partial charge on any atom is -0.372 e. The van der Waals surface area contributed by atoms with Gasteiger partial charge in [0.05, 0.1) is 16.2 Å². The molecule has 1 aliphatic rings. The predicted molar refractivity (Wildman–Crippen MR) is 141 cm³/mol. The van der Waals surface area contributed by atoms with Gasteiger partial charge in [0.2, 0.25) is 0 Å². The molecule has 0 aliphatic carbocycles. The third kappa shape index (κ3) is 5.23. The van der Waals surface area contributed by atoms with Crippen molar-refractivity contribution >= 4 is 28.2 Å². The van der Waals surface area contributed by atoms with Gasteiger partial charge in [0, 0.05) is 55.1 Å². The zero-order valence-electron chi connectivity index (χ0n) is 19.5. The number of unbranched alkanes of at least 4 members (excludes halogenated alkanes) is 1. The molecule has 3 aromatic rings. The lowest BCUT2D eigenvalue weighted by Gasteiger charge is -2.39. The van der Waals surface area contributed by atoms with E-state index in [0.29, 0.717) is 11.6 Å². The topological polar surface area (TPSA) is 45.4 Å². The molecular formula is C28H33ClN4. The van der Waals surface area contributed by atoms with Gasteiger partial charge >= 0.3 is 0 Å². The van der Waals surface area contributed by atoms with Gasteiger partial charge in [-0.1, -0.05) is 68.4 Å². The first kappa shape index (κ1) is 23.3. The van der Waals surface area contributed by atoms with Gasteiger partial charge in [-0.3, -0.25) is 0 Å². The summed E-state index contributed by atoms with van der Waals surface area (Å²) in [7, 11) is 0. The molecule has 0 unspecified atom stereocenters. The maximum atomic E-state index is 6.64. The molecule has 1 aliphatic heterocycles. The van der Waals surface area contributed by atoms with Gasteiger partial charge in [0.1, 0.15) is 0 Å². The monoisotopic (exact) mass is 460 g/mol. The van der Waals surface area contributed by atoms with Crippen LogP contribution in [0.4, 0.5) is 0 Å². The molecule has 4 nitrogen and oxygen atoms in total. The number of nitrogens with two attached hydrogens (primary N) is 1. The molecule has 5 heteroatoms. The fourth-order valence-corrected chi connectivity index (χ4v) is 4.65. The molecule has 2 heterocycles. The van der Waals surface area contributed by atoms with Crippen molar-refractivity contribution in [2.24, 2.45) is 5.73 Å². The number of pyridine rings is 1. The SMILES string of the molecule is C=C(CCCC)N1CCN(C(=C)c2ccc3c(Cl)cc(-c4cccc(CN)c4)nc3c2)CC1. The quantitative estimate of drug-likeness (QED) is 0.428. The third-order valence-corrected chi connectivity index (χ3v) is 6.79. The summed E-state index contributed by atoms with van der Waals surface area (Å²) in [4.78, 5) is 9.71. The second-order valence-electron chi connectivity index (χ2n) is 8.72. The normalized spacial score (nSPS) is 14.0. The summed E-state index contributed by atoms with van der Waals surface area (Å²) in [5.41, 5.74) is 13.0. The minimum atomic E-state index is 0.498. The number of allylic oxidation sites excluding steroid dienone is 1. The molecule has 2 N–H and O–H groups in total. The number of rotatable bonds is 8. The highest BCUT2D eigenvalue weighted by Gasteiger charge is 2.20. The van der Waals surface area contributed by atoms with Gasteiger partial charge in [-0.2, -0.15) is 0 Å². The number of piperazine rings is 1. The van der Waals surface area contributed by atoms with Crippen molar-refractivity contribution in [3.8, 4) is 11.3 Å². The van der Waals surface area contributed by atoms with Crippen molar-refractivity contribution in [2.75, 3.05) is 26.2 Å². The van der Waals surface area contributed by atoms with Gasteiger partial charge in [-0.25, -0.2) is 4.98 Å². The Morgan fingerprint density at radius 1 is 1.03 bits per heavy atom. The van der Waals surface area contributed by atoms with Crippen molar-refractivity contribution < 1.29 is 0 Å². The van der Waals surface area contributed by atoms with Crippen LogP contribution in [-0.2, 0) is 6.54 Å². The summed E-state index contributed by atoms with van der Waals surface area (Å²) in [5, 5.41) is 1.65. The number of aromatic nitrogens is 1. The molecule has 172 valence electrons. The van der Waals surface area contributed by atoms with Crippen LogP contribution in [0.25, 0.3) is 27.9 Å². The van der Waals surface area contributed by atoms with Crippen molar-refractivity contribution in [3.63, 3.8) is 0 Å². The molecule has 2 aromatic carbocycles. The highest BCUT2D eigenvalue weighted by Crippen LogP contribution is 2.31. The molecule has 1 saturated heterocycles. The Morgan fingerprint density at radius 2 is 1.79 bits per heavy atom. The van der Waals surface area contributed by atoms with E-state index in [9.17, 15) is 0 Å². The van der Waals surface area contributed by atoms with Gasteiger partial charge in [-0.05, 0) is 42.2 Å². The van der Waals surface area contributed by atoms with Crippen molar-refractivity contribution in [3.05, 3.63) is 83.5 Å². The van der Waals surface area contributed by atoms with Crippen LogP contribution >= 0.6 is 11.6 Å². The molecule has 0 spiro atoms. The number of hydrogen-bond acceptors (Lipinski definition) is 4. The highest BCUT2D eigenvalue weighted by atomic mass is 35.5. The predicted octanol–water partition coefficient (Wildman–Crippen LogP) is 6.31. The van der Waals surface area contributed by atoms with Crippen LogP contribution in [-0.4, -0.2) is 41.0 Å².